The average Bonchev–Trinajstić information content (AvgIpc) is 2.54. The van der Waals surface area contributed by atoms with Gasteiger partial charge in [-0.3, -0.25) is 4.79 Å². The van der Waals surface area contributed by atoms with Gasteiger partial charge in [0, 0.05) is 17.5 Å². The molecule has 0 aliphatic heterocycles. The maximum Gasteiger partial charge on any atom is 0.404 e. The maximum atomic E-state index is 11.8. The number of nitrogens with one attached hydrogen (secondary N) is 2. The Morgan fingerprint density at radius 1 is 1.09 bits per heavy atom. The van der Waals surface area contributed by atoms with Gasteiger partial charge < -0.3 is 10.4 Å². The highest BCUT2D eigenvalue weighted by atomic mass is 16.4. The number of rotatable bonds is 3. The van der Waals surface area contributed by atoms with Gasteiger partial charge in [-0.1, -0.05) is 42.5 Å². The van der Waals surface area contributed by atoms with Crippen LogP contribution in [0.15, 0.2) is 53.3 Å². The number of nitrogens with zero attached hydrogens (tertiary/aromatic N) is 1. The van der Waals surface area contributed by atoms with Gasteiger partial charge in [-0.2, -0.15) is 5.10 Å². The molecule has 0 saturated heterocycles. The first-order chi connectivity index (χ1) is 10.6. The molecule has 6 heteroatoms. The second-order valence-electron chi connectivity index (χ2n) is 4.80. The fourth-order valence-electron chi connectivity index (χ4n) is 2.29. The van der Waals surface area contributed by atoms with E-state index < -0.39 is 6.09 Å². The third-order valence-electron chi connectivity index (χ3n) is 3.37. The van der Waals surface area contributed by atoms with Crippen molar-refractivity contribution in [3.8, 4) is 11.3 Å². The van der Waals surface area contributed by atoms with Crippen LogP contribution in [0, 0.1) is 0 Å². The lowest BCUT2D eigenvalue weighted by Crippen LogP contribution is -2.19. The number of hydrogen-bond acceptors (Lipinski definition) is 3. The van der Waals surface area contributed by atoms with Crippen molar-refractivity contribution in [2.75, 3.05) is 0 Å². The van der Waals surface area contributed by atoms with Gasteiger partial charge in [0.15, 0.2) is 0 Å². The largest absolute Gasteiger partial charge is 0.465 e. The Bertz CT molecular complexity index is 885. The van der Waals surface area contributed by atoms with Crippen molar-refractivity contribution in [3.63, 3.8) is 0 Å². The molecule has 1 aromatic heterocycles. The summed E-state index contributed by atoms with van der Waals surface area (Å²) in [6.45, 7) is 0.245. The first kappa shape index (κ1) is 13.8. The van der Waals surface area contributed by atoms with Crippen LogP contribution in [0.25, 0.3) is 22.0 Å². The van der Waals surface area contributed by atoms with Crippen molar-refractivity contribution in [2.24, 2.45) is 0 Å². The fourth-order valence-corrected chi connectivity index (χ4v) is 2.29. The standard InChI is InChI=1S/C16H13N3O3/c20-15-13-4-2-1-3-12(13)14(18-19-15)11-7-5-10(6-8-11)9-17-16(21)22/h1-8,17H,9H2,(H,19,20)(H,21,22). The fraction of sp³-hybridized carbons (Fsp3) is 0.0625. The molecule has 0 bridgehead atoms. The molecule has 6 nitrogen and oxygen atoms in total. The van der Waals surface area contributed by atoms with Crippen LogP contribution in [-0.2, 0) is 6.54 Å². The summed E-state index contributed by atoms with van der Waals surface area (Å²) in [7, 11) is 0. The predicted molar refractivity (Wildman–Crippen MR) is 82.7 cm³/mol. The van der Waals surface area contributed by atoms with Crippen LogP contribution in [0.1, 0.15) is 5.56 Å². The van der Waals surface area contributed by atoms with Gasteiger partial charge in [-0.25, -0.2) is 9.89 Å². The average molecular weight is 295 g/mol. The van der Waals surface area contributed by atoms with Gasteiger partial charge in [-0.05, 0) is 11.6 Å². The van der Waals surface area contributed by atoms with Crippen LogP contribution in [0.3, 0.4) is 0 Å². The molecule has 3 aromatic rings. The van der Waals surface area contributed by atoms with Gasteiger partial charge in [0.1, 0.15) is 0 Å². The van der Waals surface area contributed by atoms with Crippen LogP contribution in [0.2, 0.25) is 0 Å². The molecule has 3 N–H and O–H groups in total. The number of hydrogen-bond donors (Lipinski definition) is 3. The Labute approximate surface area is 125 Å². The third-order valence-corrected chi connectivity index (χ3v) is 3.37. The Morgan fingerprint density at radius 3 is 2.45 bits per heavy atom. The van der Waals surface area contributed by atoms with E-state index >= 15 is 0 Å². The van der Waals surface area contributed by atoms with E-state index in [1.165, 1.54) is 0 Å². The van der Waals surface area contributed by atoms with Crippen molar-refractivity contribution < 1.29 is 9.90 Å². The van der Waals surface area contributed by atoms with Gasteiger partial charge in [-0.15, -0.1) is 0 Å². The number of fused-ring (bicyclic) bond motifs is 1. The van der Waals surface area contributed by atoms with Crippen LogP contribution in [-0.4, -0.2) is 21.4 Å². The summed E-state index contributed by atoms with van der Waals surface area (Å²) >= 11 is 0. The molecule has 3 rings (SSSR count). The molecule has 0 radical (unpaired) electrons. The topological polar surface area (TPSA) is 95.1 Å². The summed E-state index contributed by atoms with van der Waals surface area (Å²) in [6.07, 6.45) is -1.06. The smallest absolute Gasteiger partial charge is 0.404 e. The van der Waals surface area contributed by atoms with E-state index in [9.17, 15) is 9.59 Å². The predicted octanol–water partition coefficient (Wildman–Crippen LogP) is 2.36. The second kappa shape index (κ2) is 5.69. The van der Waals surface area contributed by atoms with Crippen molar-refractivity contribution in [1.29, 1.82) is 0 Å². The minimum atomic E-state index is -1.06. The number of aromatic amines is 1. The lowest BCUT2D eigenvalue weighted by Gasteiger charge is -2.06. The number of benzene rings is 2. The van der Waals surface area contributed by atoms with E-state index in [1.54, 1.807) is 6.07 Å². The molecule has 0 unspecified atom stereocenters. The Balaban J connectivity index is 2.00. The molecule has 0 fully saturated rings. The van der Waals surface area contributed by atoms with Gasteiger partial charge in [0.2, 0.25) is 0 Å². The summed E-state index contributed by atoms with van der Waals surface area (Å²) in [5.41, 5.74) is 2.17. The molecule has 1 amide bonds. The molecule has 0 saturated carbocycles. The molecule has 0 aliphatic rings. The SMILES string of the molecule is O=C(O)NCc1ccc(-c2n[nH]c(=O)c3ccccc23)cc1. The van der Waals surface area contributed by atoms with Crippen LogP contribution in [0.5, 0.6) is 0 Å². The maximum absolute atomic E-state index is 11.8. The van der Waals surface area contributed by atoms with Crippen molar-refractivity contribution >= 4 is 16.9 Å². The number of H-pyrrole nitrogens is 1. The van der Waals surface area contributed by atoms with E-state index in [0.29, 0.717) is 11.1 Å². The first-order valence-electron chi connectivity index (χ1n) is 6.68. The highest BCUT2D eigenvalue weighted by Crippen LogP contribution is 2.24. The molecular weight excluding hydrogens is 282 g/mol. The van der Waals surface area contributed by atoms with Crippen LogP contribution >= 0.6 is 0 Å². The Kier molecular flexibility index (Phi) is 3.57. The number of amides is 1. The van der Waals surface area contributed by atoms with Crippen molar-refractivity contribution in [3.05, 3.63) is 64.4 Å². The lowest BCUT2D eigenvalue weighted by molar-refractivity contribution is 0.194. The van der Waals surface area contributed by atoms with Crippen molar-refractivity contribution in [1.82, 2.24) is 15.5 Å². The monoisotopic (exact) mass is 295 g/mol. The van der Waals surface area contributed by atoms with Gasteiger partial charge in [0.05, 0.1) is 11.1 Å². The van der Waals surface area contributed by atoms with E-state index in [2.05, 4.69) is 15.5 Å². The molecule has 0 spiro atoms. The Hall–Kier alpha value is -3.15. The minimum Gasteiger partial charge on any atom is -0.465 e. The molecule has 0 aliphatic carbocycles. The minimum absolute atomic E-state index is 0.221. The lowest BCUT2D eigenvalue weighted by atomic mass is 10.0. The molecule has 0 atom stereocenters. The molecule has 1 heterocycles. The number of aromatic nitrogens is 2. The van der Waals surface area contributed by atoms with E-state index in [-0.39, 0.29) is 12.1 Å². The zero-order valence-electron chi connectivity index (χ0n) is 11.5. The molecule has 110 valence electrons. The summed E-state index contributed by atoms with van der Waals surface area (Å²) in [6, 6.07) is 14.6. The highest BCUT2D eigenvalue weighted by Gasteiger charge is 2.08. The second-order valence-corrected chi connectivity index (χ2v) is 4.80. The normalized spacial score (nSPS) is 10.5. The van der Waals surface area contributed by atoms with Crippen molar-refractivity contribution in [2.45, 2.75) is 6.54 Å². The molecule has 2 aromatic carbocycles. The first-order valence-corrected chi connectivity index (χ1v) is 6.68. The van der Waals surface area contributed by atoms with Crippen LogP contribution < -0.4 is 10.9 Å². The highest BCUT2D eigenvalue weighted by molar-refractivity contribution is 5.93. The number of carboxylic acid groups (broad SMARTS) is 1. The summed E-state index contributed by atoms with van der Waals surface area (Å²) in [5, 5.41) is 18.9. The molecule has 22 heavy (non-hydrogen) atoms. The van der Waals surface area contributed by atoms with Gasteiger partial charge in [0.25, 0.3) is 5.56 Å². The van der Waals surface area contributed by atoms with Crippen LogP contribution in [0.4, 0.5) is 4.79 Å². The van der Waals surface area contributed by atoms with E-state index in [4.69, 9.17) is 5.11 Å². The number of carbonyl (C=O) groups is 1. The quantitative estimate of drug-likeness (QED) is 0.691. The zero-order valence-corrected chi connectivity index (χ0v) is 11.5. The summed E-state index contributed by atoms with van der Waals surface area (Å²) in [4.78, 5) is 22.3. The summed E-state index contributed by atoms with van der Waals surface area (Å²) in [5.74, 6) is 0. The zero-order chi connectivity index (χ0) is 15.5. The van der Waals surface area contributed by atoms with E-state index in [0.717, 1.165) is 16.5 Å². The summed E-state index contributed by atoms with van der Waals surface area (Å²) < 4.78 is 0. The third kappa shape index (κ3) is 2.67. The Morgan fingerprint density at radius 2 is 1.77 bits per heavy atom. The van der Waals surface area contributed by atoms with Gasteiger partial charge >= 0.3 is 6.09 Å². The van der Waals surface area contributed by atoms with E-state index in [1.807, 2.05) is 42.5 Å². The molecular formula is C16H13N3O3.